The lowest BCUT2D eigenvalue weighted by Crippen LogP contribution is -2.26. The molecule has 0 atom stereocenters. The summed E-state index contributed by atoms with van der Waals surface area (Å²) >= 11 is 0. The molecule has 0 aliphatic heterocycles. The van der Waals surface area contributed by atoms with Crippen molar-refractivity contribution in [3.05, 3.63) is 29.3 Å². The molecule has 2 aliphatic carbocycles. The Kier molecular flexibility index (Phi) is 8.63. The lowest BCUT2D eigenvalue weighted by Gasteiger charge is -2.32. The van der Waals surface area contributed by atoms with Gasteiger partial charge in [-0.25, -0.2) is 0 Å². The van der Waals surface area contributed by atoms with E-state index >= 15 is 0 Å². The summed E-state index contributed by atoms with van der Waals surface area (Å²) in [5, 5.41) is 0.858. The van der Waals surface area contributed by atoms with Crippen molar-refractivity contribution >= 4 is 12.9 Å². The highest BCUT2D eigenvalue weighted by Gasteiger charge is 2.37. The Labute approximate surface area is 172 Å². The van der Waals surface area contributed by atoms with Crippen LogP contribution in [0.4, 0.5) is 0 Å². The van der Waals surface area contributed by atoms with Crippen LogP contribution in [0.5, 0.6) is 0 Å². The third-order valence-electron chi connectivity index (χ3n) is 6.24. The Balaban J connectivity index is 1.94. The summed E-state index contributed by atoms with van der Waals surface area (Å²) in [6, 6.07) is 6.28. The Morgan fingerprint density at radius 2 is 1.36 bits per heavy atom. The molecular formula is C24H39O3P. The molecule has 28 heavy (non-hydrogen) atoms. The van der Waals surface area contributed by atoms with Gasteiger partial charge in [-0.1, -0.05) is 77.3 Å². The Morgan fingerprint density at radius 1 is 0.821 bits per heavy atom. The molecule has 3 rings (SSSR count). The van der Waals surface area contributed by atoms with Crippen LogP contribution in [0.2, 0.25) is 0 Å². The minimum atomic E-state index is -3.33. The van der Waals surface area contributed by atoms with Gasteiger partial charge in [-0.2, -0.15) is 0 Å². The van der Waals surface area contributed by atoms with Gasteiger partial charge in [0.2, 0.25) is 0 Å². The molecule has 3 nitrogen and oxygen atoms in total. The third-order valence-corrected chi connectivity index (χ3v) is 8.40. The van der Waals surface area contributed by atoms with E-state index in [9.17, 15) is 4.57 Å². The van der Waals surface area contributed by atoms with E-state index in [1.54, 1.807) is 0 Å². The van der Waals surface area contributed by atoms with Gasteiger partial charge in [0.05, 0.1) is 17.5 Å². The summed E-state index contributed by atoms with van der Waals surface area (Å²) in [4.78, 5) is 0. The fourth-order valence-corrected chi connectivity index (χ4v) is 7.13. The second kappa shape index (κ2) is 11.0. The fraction of sp³-hybridized carbons (Fsp3) is 0.750. The van der Waals surface area contributed by atoms with Crippen molar-refractivity contribution in [2.75, 3.05) is 0 Å². The summed E-state index contributed by atoms with van der Waals surface area (Å²) in [6.07, 6.45) is 15.5. The molecule has 2 fully saturated rings. The summed E-state index contributed by atoms with van der Waals surface area (Å²) < 4.78 is 27.2. The molecule has 0 spiro atoms. The van der Waals surface area contributed by atoms with Crippen molar-refractivity contribution in [1.82, 2.24) is 0 Å². The summed E-state index contributed by atoms with van der Waals surface area (Å²) in [5.41, 5.74) is 2.54. The summed E-state index contributed by atoms with van der Waals surface area (Å²) in [7, 11) is -3.33. The van der Waals surface area contributed by atoms with E-state index in [4.69, 9.17) is 9.05 Å². The van der Waals surface area contributed by atoms with E-state index < -0.39 is 7.60 Å². The van der Waals surface area contributed by atoms with Crippen LogP contribution in [0.1, 0.15) is 102 Å². The van der Waals surface area contributed by atoms with Gasteiger partial charge in [0.25, 0.3) is 0 Å². The summed E-state index contributed by atoms with van der Waals surface area (Å²) in [6.45, 7) is 4.40. The number of hydrogen-bond donors (Lipinski definition) is 0. The maximum atomic E-state index is 14.4. The molecule has 0 saturated heterocycles. The van der Waals surface area contributed by atoms with E-state index in [1.165, 1.54) is 49.7 Å². The average molecular weight is 407 g/mol. The summed E-state index contributed by atoms with van der Waals surface area (Å²) in [5.74, 6) is 0. The van der Waals surface area contributed by atoms with Gasteiger partial charge in [0.15, 0.2) is 0 Å². The lowest BCUT2D eigenvalue weighted by molar-refractivity contribution is 0.0845. The predicted octanol–water partition coefficient (Wildman–Crippen LogP) is 7.11. The van der Waals surface area contributed by atoms with Crippen LogP contribution in [-0.2, 0) is 26.5 Å². The van der Waals surface area contributed by atoms with Gasteiger partial charge in [-0.3, -0.25) is 4.57 Å². The van der Waals surface area contributed by atoms with Crippen LogP contribution in [0.25, 0.3) is 0 Å². The third kappa shape index (κ3) is 5.71. The fourth-order valence-electron chi connectivity index (χ4n) is 4.79. The van der Waals surface area contributed by atoms with Gasteiger partial charge in [0.1, 0.15) is 0 Å². The normalized spacial score (nSPS) is 19.8. The zero-order chi connectivity index (χ0) is 19.8. The zero-order valence-electron chi connectivity index (χ0n) is 18.0. The zero-order valence-corrected chi connectivity index (χ0v) is 18.9. The first kappa shape index (κ1) is 22.1. The van der Waals surface area contributed by atoms with Gasteiger partial charge in [0, 0.05) is 0 Å². The number of aryl methyl sites for hydroxylation is 1. The maximum absolute atomic E-state index is 14.4. The highest BCUT2D eigenvalue weighted by atomic mass is 31.2. The molecule has 1 aromatic carbocycles. The Hall–Kier alpha value is -0.630. The average Bonchev–Trinajstić information content (AvgIpc) is 2.71. The smallest absolute Gasteiger partial charge is 0.302 e. The molecule has 1 aromatic rings. The van der Waals surface area contributed by atoms with Gasteiger partial charge >= 0.3 is 7.60 Å². The monoisotopic (exact) mass is 406 g/mol. The molecule has 4 heteroatoms. The lowest BCUT2D eigenvalue weighted by atomic mass is 9.98. The van der Waals surface area contributed by atoms with Gasteiger partial charge < -0.3 is 9.05 Å². The molecule has 0 N–H and O–H groups in total. The molecule has 0 radical (unpaired) electrons. The van der Waals surface area contributed by atoms with Crippen molar-refractivity contribution in [3.63, 3.8) is 0 Å². The highest BCUT2D eigenvalue weighted by Crippen LogP contribution is 2.53. The van der Waals surface area contributed by atoms with Crippen molar-refractivity contribution in [1.29, 1.82) is 0 Å². The largest absolute Gasteiger partial charge is 0.362 e. The molecular weight excluding hydrogens is 367 g/mol. The van der Waals surface area contributed by atoms with Gasteiger partial charge in [-0.05, 0) is 55.7 Å². The van der Waals surface area contributed by atoms with E-state index in [0.29, 0.717) is 0 Å². The number of benzene rings is 1. The molecule has 0 bridgehead atoms. The van der Waals surface area contributed by atoms with Crippen LogP contribution in [-0.4, -0.2) is 12.2 Å². The molecule has 158 valence electrons. The van der Waals surface area contributed by atoms with Crippen LogP contribution in [0.3, 0.4) is 0 Å². The van der Waals surface area contributed by atoms with Crippen LogP contribution < -0.4 is 5.30 Å². The Bertz CT molecular complexity index is 621. The minimum Gasteiger partial charge on any atom is -0.302 e. The highest BCUT2D eigenvalue weighted by molar-refractivity contribution is 7.62. The van der Waals surface area contributed by atoms with Gasteiger partial charge in [-0.15, -0.1) is 0 Å². The van der Waals surface area contributed by atoms with E-state index in [-0.39, 0.29) is 12.2 Å². The van der Waals surface area contributed by atoms with E-state index in [1.807, 2.05) is 6.07 Å². The molecule has 0 amide bonds. The van der Waals surface area contributed by atoms with Crippen molar-refractivity contribution < 1.29 is 13.6 Å². The van der Waals surface area contributed by atoms with E-state index in [0.717, 1.165) is 56.7 Å². The van der Waals surface area contributed by atoms with Crippen LogP contribution in [0, 0.1) is 0 Å². The first-order valence-corrected chi connectivity index (χ1v) is 13.3. The number of rotatable bonds is 9. The standard InChI is InChI=1S/C24H39O3P/c1-3-12-20-14-11-19-24(23(20)13-4-2)28(25,26-21-15-7-5-8-16-21)27-22-17-9-6-10-18-22/h11,14,19,21-22H,3-10,12-13,15-18H2,1-2H3. The predicted molar refractivity (Wildman–Crippen MR) is 118 cm³/mol. The van der Waals surface area contributed by atoms with Crippen molar-refractivity contribution in [3.8, 4) is 0 Å². The minimum absolute atomic E-state index is 0.0764. The number of hydrogen-bond acceptors (Lipinski definition) is 3. The maximum Gasteiger partial charge on any atom is 0.362 e. The Morgan fingerprint density at radius 3 is 1.86 bits per heavy atom. The second-order valence-electron chi connectivity index (χ2n) is 8.64. The first-order chi connectivity index (χ1) is 13.7. The topological polar surface area (TPSA) is 35.5 Å². The SMILES string of the molecule is CCCc1cccc(P(=O)(OC2CCCCC2)OC2CCCCC2)c1CCC. The first-order valence-electron chi connectivity index (χ1n) is 11.7. The van der Waals surface area contributed by atoms with Crippen LogP contribution in [0.15, 0.2) is 18.2 Å². The molecule has 0 unspecified atom stereocenters. The molecule has 2 saturated carbocycles. The van der Waals surface area contributed by atoms with E-state index in [2.05, 4.69) is 26.0 Å². The van der Waals surface area contributed by atoms with Crippen LogP contribution >= 0.6 is 7.60 Å². The molecule has 0 heterocycles. The van der Waals surface area contributed by atoms with Crippen molar-refractivity contribution in [2.45, 2.75) is 116 Å². The molecule has 2 aliphatic rings. The quantitative estimate of drug-likeness (QED) is 0.410. The molecule has 0 aromatic heterocycles. The van der Waals surface area contributed by atoms with Crippen molar-refractivity contribution in [2.24, 2.45) is 0 Å². The second-order valence-corrected chi connectivity index (χ2v) is 10.5.